The van der Waals surface area contributed by atoms with Gasteiger partial charge in [-0.1, -0.05) is 30.3 Å². The van der Waals surface area contributed by atoms with Crippen LogP contribution >= 0.6 is 0 Å². The number of nitrogens with one attached hydrogen (secondary N) is 1. The number of nitrogens with zero attached hydrogens (tertiary/aromatic N) is 1. The molecule has 2 aromatic rings. The highest BCUT2D eigenvalue weighted by Crippen LogP contribution is 2.25. The van der Waals surface area contributed by atoms with Crippen molar-refractivity contribution in [1.82, 2.24) is 5.32 Å². The molecule has 4 nitrogen and oxygen atoms in total. The molecule has 0 fully saturated rings. The van der Waals surface area contributed by atoms with Crippen molar-refractivity contribution in [2.24, 2.45) is 4.99 Å². The Morgan fingerprint density at radius 3 is 2.90 bits per heavy atom. The van der Waals surface area contributed by atoms with E-state index in [9.17, 15) is 9.90 Å². The van der Waals surface area contributed by atoms with Gasteiger partial charge in [0, 0.05) is 18.8 Å². The summed E-state index contributed by atoms with van der Waals surface area (Å²) in [5, 5.41) is 12.3. The third-order valence-electron chi connectivity index (χ3n) is 3.33. The molecule has 1 aliphatic heterocycles. The summed E-state index contributed by atoms with van der Waals surface area (Å²) < 4.78 is 0. The van der Waals surface area contributed by atoms with Crippen LogP contribution in [0.25, 0.3) is 0 Å². The lowest BCUT2D eigenvalue weighted by Gasteiger charge is -2.22. The predicted octanol–water partition coefficient (Wildman–Crippen LogP) is 2.51. The molecule has 0 saturated carbocycles. The van der Waals surface area contributed by atoms with Crippen molar-refractivity contribution >= 4 is 17.8 Å². The molecule has 1 atom stereocenters. The number of hydrogen-bond donors (Lipinski definition) is 2. The SMILES string of the molecule is O=C1NCc2ccccc2C1C=Nc1cccc(O)c1. The molecule has 0 saturated heterocycles. The molecule has 2 N–H and O–H groups in total. The van der Waals surface area contributed by atoms with Gasteiger partial charge in [-0.25, -0.2) is 0 Å². The fraction of sp³-hybridized carbons (Fsp3) is 0.125. The molecule has 0 bridgehead atoms. The van der Waals surface area contributed by atoms with E-state index in [1.54, 1.807) is 30.5 Å². The minimum Gasteiger partial charge on any atom is -0.508 e. The number of carbonyl (C=O) groups excluding carboxylic acids is 1. The van der Waals surface area contributed by atoms with Gasteiger partial charge in [0.05, 0.1) is 11.6 Å². The molecule has 0 aromatic heterocycles. The van der Waals surface area contributed by atoms with E-state index >= 15 is 0 Å². The van der Waals surface area contributed by atoms with E-state index in [0.29, 0.717) is 12.2 Å². The standard InChI is InChI=1S/C16H14N2O2/c19-13-6-3-5-12(8-13)17-10-15-14-7-2-1-4-11(14)9-18-16(15)20/h1-8,10,15,19H,9H2,(H,18,20). The number of hydrogen-bond acceptors (Lipinski definition) is 3. The summed E-state index contributed by atoms with van der Waals surface area (Å²) in [5.74, 6) is -0.275. The maximum Gasteiger partial charge on any atom is 0.233 e. The van der Waals surface area contributed by atoms with Crippen LogP contribution in [0.15, 0.2) is 53.5 Å². The lowest BCUT2D eigenvalue weighted by atomic mass is 9.91. The third-order valence-corrected chi connectivity index (χ3v) is 3.33. The first kappa shape index (κ1) is 12.4. The van der Waals surface area contributed by atoms with Gasteiger partial charge in [-0.05, 0) is 23.3 Å². The summed E-state index contributed by atoms with van der Waals surface area (Å²) in [6.07, 6.45) is 1.63. The van der Waals surface area contributed by atoms with Crippen molar-refractivity contribution in [1.29, 1.82) is 0 Å². The smallest absolute Gasteiger partial charge is 0.233 e. The Bertz CT molecular complexity index is 680. The predicted molar refractivity (Wildman–Crippen MR) is 77.3 cm³/mol. The molecule has 2 aromatic carbocycles. The number of carbonyl (C=O) groups is 1. The van der Waals surface area contributed by atoms with Gasteiger partial charge < -0.3 is 10.4 Å². The van der Waals surface area contributed by atoms with Crippen LogP contribution < -0.4 is 5.32 Å². The first-order valence-electron chi connectivity index (χ1n) is 6.43. The molecule has 0 radical (unpaired) electrons. The Morgan fingerprint density at radius 1 is 1.20 bits per heavy atom. The van der Waals surface area contributed by atoms with Crippen molar-refractivity contribution in [3.05, 3.63) is 59.7 Å². The Balaban J connectivity index is 1.92. The summed E-state index contributed by atoms with van der Waals surface area (Å²) in [4.78, 5) is 16.3. The summed E-state index contributed by atoms with van der Waals surface area (Å²) >= 11 is 0. The number of aliphatic imine (C=N–C) groups is 1. The zero-order valence-electron chi connectivity index (χ0n) is 10.8. The van der Waals surface area contributed by atoms with Gasteiger partial charge >= 0.3 is 0 Å². The van der Waals surface area contributed by atoms with E-state index in [4.69, 9.17) is 0 Å². The highest BCUT2D eigenvalue weighted by molar-refractivity contribution is 6.01. The van der Waals surface area contributed by atoms with Crippen LogP contribution in [0.1, 0.15) is 17.0 Å². The molecule has 4 heteroatoms. The average Bonchev–Trinajstić information content (AvgIpc) is 2.46. The number of amides is 1. The van der Waals surface area contributed by atoms with Gasteiger partial charge in [-0.15, -0.1) is 0 Å². The summed E-state index contributed by atoms with van der Waals surface area (Å²) in [7, 11) is 0. The zero-order chi connectivity index (χ0) is 13.9. The second-order valence-electron chi connectivity index (χ2n) is 4.69. The number of phenols is 1. The van der Waals surface area contributed by atoms with Crippen molar-refractivity contribution in [2.75, 3.05) is 0 Å². The first-order chi connectivity index (χ1) is 9.74. The van der Waals surface area contributed by atoms with Crippen molar-refractivity contribution < 1.29 is 9.90 Å². The van der Waals surface area contributed by atoms with E-state index < -0.39 is 0 Å². The molecular formula is C16H14N2O2. The van der Waals surface area contributed by atoms with Crippen molar-refractivity contribution in [2.45, 2.75) is 12.5 Å². The molecule has 1 unspecified atom stereocenters. The molecule has 100 valence electrons. The normalized spacial score (nSPS) is 17.8. The first-order valence-corrected chi connectivity index (χ1v) is 6.43. The van der Waals surface area contributed by atoms with Crippen molar-refractivity contribution in [3.63, 3.8) is 0 Å². The molecule has 0 aliphatic carbocycles. The molecule has 0 spiro atoms. The highest BCUT2D eigenvalue weighted by atomic mass is 16.3. The van der Waals surface area contributed by atoms with E-state index in [2.05, 4.69) is 10.3 Å². The Labute approximate surface area is 116 Å². The van der Waals surface area contributed by atoms with E-state index in [-0.39, 0.29) is 17.6 Å². The van der Waals surface area contributed by atoms with E-state index in [1.165, 1.54) is 0 Å². The van der Waals surface area contributed by atoms with Gasteiger partial charge in [0.1, 0.15) is 5.75 Å². The maximum absolute atomic E-state index is 12.0. The molecular weight excluding hydrogens is 252 g/mol. The van der Waals surface area contributed by atoms with Crippen LogP contribution in [0.2, 0.25) is 0 Å². The zero-order valence-corrected chi connectivity index (χ0v) is 10.8. The van der Waals surface area contributed by atoms with Crippen LogP contribution in [0, 0.1) is 0 Å². The largest absolute Gasteiger partial charge is 0.508 e. The minimum absolute atomic E-state index is 0.0485. The van der Waals surface area contributed by atoms with Crippen LogP contribution in [0.3, 0.4) is 0 Å². The van der Waals surface area contributed by atoms with Crippen molar-refractivity contribution in [3.8, 4) is 5.75 Å². The Kier molecular flexibility index (Phi) is 3.21. The fourth-order valence-corrected chi connectivity index (χ4v) is 2.31. The van der Waals surface area contributed by atoms with Gasteiger partial charge in [0.15, 0.2) is 0 Å². The van der Waals surface area contributed by atoms with Gasteiger partial charge in [0.25, 0.3) is 0 Å². The van der Waals surface area contributed by atoms with Crippen LogP contribution in [0.5, 0.6) is 5.75 Å². The van der Waals surface area contributed by atoms with Crippen LogP contribution in [-0.2, 0) is 11.3 Å². The lowest BCUT2D eigenvalue weighted by molar-refractivity contribution is -0.121. The highest BCUT2D eigenvalue weighted by Gasteiger charge is 2.25. The molecule has 3 rings (SSSR count). The second kappa shape index (κ2) is 5.17. The fourth-order valence-electron chi connectivity index (χ4n) is 2.31. The lowest BCUT2D eigenvalue weighted by Crippen LogP contribution is -2.35. The number of fused-ring (bicyclic) bond motifs is 1. The maximum atomic E-state index is 12.0. The number of rotatable bonds is 2. The van der Waals surface area contributed by atoms with E-state index in [0.717, 1.165) is 11.1 Å². The van der Waals surface area contributed by atoms with Crippen LogP contribution in [-0.4, -0.2) is 17.2 Å². The van der Waals surface area contributed by atoms with E-state index in [1.807, 2.05) is 24.3 Å². The Hall–Kier alpha value is -2.62. The minimum atomic E-state index is -0.387. The van der Waals surface area contributed by atoms with Gasteiger partial charge in [-0.2, -0.15) is 0 Å². The average molecular weight is 266 g/mol. The molecule has 20 heavy (non-hydrogen) atoms. The number of aromatic hydroxyl groups is 1. The monoisotopic (exact) mass is 266 g/mol. The topological polar surface area (TPSA) is 61.7 Å². The van der Waals surface area contributed by atoms with Gasteiger partial charge in [0.2, 0.25) is 5.91 Å². The summed E-state index contributed by atoms with van der Waals surface area (Å²) in [6.45, 7) is 0.561. The summed E-state index contributed by atoms with van der Waals surface area (Å²) in [6, 6.07) is 14.5. The quantitative estimate of drug-likeness (QED) is 0.820. The molecule has 1 aliphatic rings. The third kappa shape index (κ3) is 2.40. The number of benzene rings is 2. The number of phenolic OH excluding ortho intramolecular Hbond substituents is 1. The summed E-state index contributed by atoms with van der Waals surface area (Å²) in [5.41, 5.74) is 2.72. The molecule has 1 heterocycles. The second-order valence-corrected chi connectivity index (χ2v) is 4.69. The van der Waals surface area contributed by atoms with Crippen LogP contribution in [0.4, 0.5) is 5.69 Å². The Morgan fingerprint density at radius 2 is 2.05 bits per heavy atom. The van der Waals surface area contributed by atoms with Gasteiger partial charge in [-0.3, -0.25) is 9.79 Å². The molecule has 1 amide bonds.